The van der Waals surface area contributed by atoms with Gasteiger partial charge in [-0.05, 0) is 46.1 Å². The maximum atomic E-state index is 2.61. The third kappa shape index (κ3) is 2.19. The lowest BCUT2D eigenvalue weighted by Gasteiger charge is -2.39. The minimum Gasteiger partial charge on any atom is -0.298 e. The average molecular weight is 155 g/mol. The third-order valence-corrected chi connectivity index (χ3v) is 2.85. The predicted molar refractivity (Wildman–Crippen MR) is 49.7 cm³/mol. The van der Waals surface area contributed by atoms with E-state index in [4.69, 9.17) is 0 Å². The third-order valence-electron chi connectivity index (χ3n) is 2.85. The molecule has 1 saturated heterocycles. The zero-order chi connectivity index (χ0) is 8.43. The molecule has 1 unspecified atom stereocenters. The molecule has 1 aliphatic heterocycles. The number of rotatable bonds is 1. The van der Waals surface area contributed by atoms with Gasteiger partial charge in [0.25, 0.3) is 0 Å². The second kappa shape index (κ2) is 3.57. The van der Waals surface area contributed by atoms with Gasteiger partial charge in [-0.25, -0.2) is 0 Å². The van der Waals surface area contributed by atoms with Crippen LogP contribution in [0, 0.1) is 5.92 Å². The van der Waals surface area contributed by atoms with E-state index in [0.717, 1.165) is 18.0 Å². The molecule has 0 N–H and O–H groups in total. The van der Waals surface area contributed by atoms with Crippen LogP contribution in [-0.4, -0.2) is 23.5 Å². The predicted octanol–water partition coefficient (Wildman–Crippen LogP) is 2.52. The highest BCUT2D eigenvalue weighted by atomic mass is 15.2. The Balaban J connectivity index is 2.44. The van der Waals surface area contributed by atoms with Crippen LogP contribution >= 0.6 is 0 Å². The highest BCUT2D eigenvalue weighted by Gasteiger charge is 2.23. The SMILES string of the molecule is CC1CCN(C(C)C)[C@H](C)C1. The van der Waals surface area contributed by atoms with E-state index in [0.29, 0.717) is 0 Å². The smallest absolute Gasteiger partial charge is 0.00721 e. The molecule has 2 atom stereocenters. The molecule has 0 spiro atoms. The van der Waals surface area contributed by atoms with Crippen LogP contribution in [0.5, 0.6) is 0 Å². The first-order chi connectivity index (χ1) is 5.11. The molecule has 1 nitrogen and oxygen atoms in total. The number of hydrogen-bond donors (Lipinski definition) is 0. The lowest BCUT2D eigenvalue weighted by molar-refractivity contribution is 0.0974. The van der Waals surface area contributed by atoms with Crippen LogP contribution in [0.2, 0.25) is 0 Å². The highest BCUT2D eigenvalue weighted by Crippen LogP contribution is 2.23. The monoisotopic (exact) mass is 155 g/mol. The van der Waals surface area contributed by atoms with Crippen LogP contribution in [-0.2, 0) is 0 Å². The summed E-state index contributed by atoms with van der Waals surface area (Å²) >= 11 is 0. The van der Waals surface area contributed by atoms with Crippen molar-refractivity contribution in [1.82, 2.24) is 4.90 Å². The zero-order valence-corrected chi connectivity index (χ0v) is 8.30. The Morgan fingerprint density at radius 2 is 1.91 bits per heavy atom. The van der Waals surface area contributed by atoms with Gasteiger partial charge in [0.15, 0.2) is 0 Å². The van der Waals surface area contributed by atoms with Gasteiger partial charge in [0.05, 0.1) is 0 Å². The maximum absolute atomic E-state index is 2.61. The summed E-state index contributed by atoms with van der Waals surface area (Å²) in [6.07, 6.45) is 2.78. The van der Waals surface area contributed by atoms with Crippen LogP contribution in [0.15, 0.2) is 0 Å². The number of likely N-dealkylation sites (tertiary alicyclic amines) is 1. The molecule has 0 aromatic carbocycles. The van der Waals surface area contributed by atoms with Gasteiger partial charge in [0.1, 0.15) is 0 Å². The quantitative estimate of drug-likeness (QED) is 0.562. The highest BCUT2D eigenvalue weighted by molar-refractivity contribution is 4.78. The number of hydrogen-bond acceptors (Lipinski definition) is 1. The molecule has 0 aromatic rings. The molecular formula is C10H21N. The molecule has 1 rings (SSSR count). The number of nitrogens with zero attached hydrogens (tertiary/aromatic N) is 1. The molecule has 0 amide bonds. The lowest BCUT2D eigenvalue weighted by atomic mass is 9.92. The van der Waals surface area contributed by atoms with E-state index >= 15 is 0 Å². The summed E-state index contributed by atoms with van der Waals surface area (Å²) < 4.78 is 0. The second-order valence-corrected chi connectivity index (χ2v) is 4.31. The molecule has 0 aromatic heterocycles. The Hall–Kier alpha value is -0.0400. The summed E-state index contributed by atoms with van der Waals surface area (Å²) in [4.78, 5) is 2.61. The molecule has 1 fully saturated rings. The molecule has 0 aliphatic carbocycles. The molecule has 1 heterocycles. The fourth-order valence-electron chi connectivity index (χ4n) is 2.19. The van der Waals surface area contributed by atoms with E-state index in [1.54, 1.807) is 0 Å². The first kappa shape index (κ1) is 9.05. The molecule has 0 saturated carbocycles. The number of piperidine rings is 1. The molecule has 1 heteroatoms. The lowest BCUT2D eigenvalue weighted by Crippen LogP contribution is -2.44. The van der Waals surface area contributed by atoms with E-state index in [2.05, 4.69) is 32.6 Å². The van der Waals surface area contributed by atoms with Crippen LogP contribution in [0.4, 0.5) is 0 Å². The van der Waals surface area contributed by atoms with Gasteiger partial charge in [-0.1, -0.05) is 6.92 Å². The zero-order valence-electron chi connectivity index (χ0n) is 8.30. The van der Waals surface area contributed by atoms with Gasteiger partial charge >= 0.3 is 0 Å². The van der Waals surface area contributed by atoms with Crippen LogP contribution in [0.3, 0.4) is 0 Å². The first-order valence-corrected chi connectivity index (χ1v) is 4.87. The van der Waals surface area contributed by atoms with Crippen molar-refractivity contribution in [2.75, 3.05) is 6.54 Å². The van der Waals surface area contributed by atoms with Gasteiger partial charge in [-0.3, -0.25) is 4.90 Å². The fourth-order valence-corrected chi connectivity index (χ4v) is 2.19. The fraction of sp³-hybridized carbons (Fsp3) is 1.00. The summed E-state index contributed by atoms with van der Waals surface area (Å²) in [6.45, 7) is 10.6. The van der Waals surface area contributed by atoms with E-state index in [9.17, 15) is 0 Å². The molecule has 0 bridgehead atoms. The summed E-state index contributed by atoms with van der Waals surface area (Å²) in [7, 11) is 0. The van der Waals surface area contributed by atoms with Crippen LogP contribution in [0.25, 0.3) is 0 Å². The summed E-state index contributed by atoms with van der Waals surface area (Å²) in [6, 6.07) is 1.54. The summed E-state index contributed by atoms with van der Waals surface area (Å²) in [5, 5.41) is 0. The Bertz CT molecular complexity index is 120. The van der Waals surface area contributed by atoms with Gasteiger partial charge in [-0.15, -0.1) is 0 Å². The van der Waals surface area contributed by atoms with Crippen molar-refractivity contribution in [2.24, 2.45) is 5.92 Å². The molecule has 11 heavy (non-hydrogen) atoms. The Morgan fingerprint density at radius 3 is 2.36 bits per heavy atom. The minimum absolute atomic E-state index is 0.734. The Labute approximate surface area is 70.8 Å². The standard InChI is InChI=1S/C10H21N/c1-8(2)11-6-5-9(3)7-10(11)4/h8-10H,5-7H2,1-4H3/t9?,10-/m1/s1. The molecular weight excluding hydrogens is 134 g/mol. The van der Waals surface area contributed by atoms with E-state index in [-0.39, 0.29) is 0 Å². The Kier molecular flexibility index (Phi) is 2.94. The maximum Gasteiger partial charge on any atom is 0.00721 e. The van der Waals surface area contributed by atoms with Gasteiger partial charge in [0, 0.05) is 12.1 Å². The van der Waals surface area contributed by atoms with Crippen molar-refractivity contribution >= 4 is 0 Å². The Morgan fingerprint density at radius 1 is 1.27 bits per heavy atom. The van der Waals surface area contributed by atoms with Crippen molar-refractivity contribution < 1.29 is 0 Å². The van der Waals surface area contributed by atoms with Gasteiger partial charge in [0.2, 0.25) is 0 Å². The normalized spacial score (nSPS) is 34.6. The van der Waals surface area contributed by atoms with Gasteiger partial charge < -0.3 is 0 Å². The largest absolute Gasteiger partial charge is 0.298 e. The molecule has 0 radical (unpaired) electrons. The van der Waals surface area contributed by atoms with Crippen molar-refractivity contribution in [1.29, 1.82) is 0 Å². The minimum atomic E-state index is 0.734. The van der Waals surface area contributed by atoms with Crippen molar-refractivity contribution in [2.45, 2.75) is 52.6 Å². The van der Waals surface area contributed by atoms with E-state index in [1.165, 1.54) is 19.4 Å². The van der Waals surface area contributed by atoms with E-state index < -0.39 is 0 Å². The van der Waals surface area contributed by atoms with Crippen molar-refractivity contribution in [3.05, 3.63) is 0 Å². The average Bonchev–Trinajstić information content (AvgIpc) is 1.85. The van der Waals surface area contributed by atoms with Crippen molar-refractivity contribution in [3.8, 4) is 0 Å². The topological polar surface area (TPSA) is 3.24 Å². The second-order valence-electron chi connectivity index (χ2n) is 4.31. The molecule has 1 aliphatic rings. The van der Waals surface area contributed by atoms with E-state index in [1.807, 2.05) is 0 Å². The van der Waals surface area contributed by atoms with Crippen molar-refractivity contribution in [3.63, 3.8) is 0 Å². The first-order valence-electron chi connectivity index (χ1n) is 4.87. The van der Waals surface area contributed by atoms with Gasteiger partial charge in [-0.2, -0.15) is 0 Å². The summed E-state index contributed by atoms with van der Waals surface area (Å²) in [5.41, 5.74) is 0. The molecule has 66 valence electrons. The van der Waals surface area contributed by atoms with Crippen LogP contribution in [0.1, 0.15) is 40.5 Å². The van der Waals surface area contributed by atoms with Crippen LogP contribution < -0.4 is 0 Å². The summed E-state index contributed by atoms with van der Waals surface area (Å²) in [5.74, 6) is 0.944.